The molecule has 1 N–H and O–H groups in total. The molecule has 6 nitrogen and oxygen atoms in total. The molecular weight excluding hydrogens is 342 g/mol. The number of fused-ring (bicyclic) bond motifs is 1. The Hall–Kier alpha value is -2.08. The maximum absolute atomic E-state index is 12.5. The standard InChI is InChI=1S/C21H31N3O3/c1-16-7-8-19-18(15-16)24(21(26)17(2)27-19)14-9-20(25)22-10-6-13-23-11-4-3-5-12-23/h7-8,15,17H,3-6,9-14H2,1-2H3,(H,22,25). The van der Waals surface area contributed by atoms with Crippen LogP contribution in [0.15, 0.2) is 18.2 Å². The Morgan fingerprint density at radius 1 is 1.22 bits per heavy atom. The molecule has 0 bridgehead atoms. The lowest BCUT2D eigenvalue weighted by Crippen LogP contribution is -2.46. The summed E-state index contributed by atoms with van der Waals surface area (Å²) < 4.78 is 5.68. The monoisotopic (exact) mass is 373 g/mol. The van der Waals surface area contributed by atoms with Gasteiger partial charge < -0.3 is 19.9 Å². The number of amides is 2. The molecule has 1 aromatic rings. The van der Waals surface area contributed by atoms with Crippen LogP contribution in [0.25, 0.3) is 0 Å². The number of aryl methyl sites for hydroxylation is 1. The van der Waals surface area contributed by atoms with Crippen LogP contribution in [-0.4, -0.2) is 55.5 Å². The topological polar surface area (TPSA) is 61.9 Å². The lowest BCUT2D eigenvalue weighted by atomic mass is 10.1. The minimum absolute atomic E-state index is 0.00482. The van der Waals surface area contributed by atoms with Crippen LogP contribution in [-0.2, 0) is 9.59 Å². The number of likely N-dealkylation sites (tertiary alicyclic amines) is 1. The van der Waals surface area contributed by atoms with Crippen molar-refractivity contribution in [3.8, 4) is 5.75 Å². The fourth-order valence-electron chi connectivity index (χ4n) is 3.76. The van der Waals surface area contributed by atoms with E-state index in [1.165, 1.54) is 32.4 Å². The minimum atomic E-state index is -0.521. The highest BCUT2D eigenvalue weighted by Crippen LogP contribution is 2.34. The van der Waals surface area contributed by atoms with Gasteiger partial charge in [-0.2, -0.15) is 0 Å². The van der Waals surface area contributed by atoms with Gasteiger partial charge in [-0.25, -0.2) is 0 Å². The Morgan fingerprint density at radius 2 is 2.00 bits per heavy atom. The van der Waals surface area contributed by atoms with Gasteiger partial charge in [-0.15, -0.1) is 0 Å². The lowest BCUT2D eigenvalue weighted by molar-refractivity contribution is -0.125. The zero-order chi connectivity index (χ0) is 19.2. The average Bonchev–Trinajstić information content (AvgIpc) is 2.67. The van der Waals surface area contributed by atoms with Gasteiger partial charge in [0.1, 0.15) is 5.75 Å². The van der Waals surface area contributed by atoms with Gasteiger partial charge in [0.2, 0.25) is 5.91 Å². The second-order valence-corrected chi connectivity index (χ2v) is 7.58. The molecule has 3 rings (SSSR count). The van der Waals surface area contributed by atoms with Crippen molar-refractivity contribution in [3.05, 3.63) is 23.8 Å². The van der Waals surface area contributed by atoms with E-state index in [1.54, 1.807) is 11.8 Å². The van der Waals surface area contributed by atoms with Crippen LogP contribution in [0.4, 0.5) is 5.69 Å². The van der Waals surface area contributed by atoms with E-state index in [4.69, 9.17) is 4.74 Å². The molecule has 2 heterocycles. The molecule has 1 saturated heterocycles. The summed E-state index contributed by atoms with van der Waals surface area (Å²) >= 11 is 0. The maximum Gasteiger partial charge on any atom is 0.267 e. The highest BCUT2D eigenvalue weighted by Gasteiger charge is 2.31. The number of hydrogen-bond donors (Lipinski definition) is 1. The van der Waals surface area contributed by atoms with Crippen molar-refractivity contribution in [2.75, 3.05) is 37.6 Å². The maximum atomic E-state index is 12.5. The van der Waals surface area contributed by atoms with Crippen LogP contribution >= 0.6 is 0 Å². The highest BCUT2D eigenvalue weighted by atomic mass is 16.5. The third-order valence-corrected chi connectivity index (χ3v) is 5.31. The first-order chi connectivity index (χ1) is 13.0. The second kappa shape index (κ2) is 9.22. The van der Waals surface area contributed by atoms with E-state index in [-0.39, 0.29) is 11.8 Å². The third kappa shape index (κ3) is 5.22. The molecule has 1 fully saturated rings. The molecule has 1 atom stereocenters. The van der Waals surface area contributed by atoms with E-state index in [1.807, 2.05) is 25.1 Å². The van der Waals surface area contributed by atoms with Gasteiger partial charge in [0.25, 0.3) is 5.91 Å². The van der Waals surface area contributed by atoms with E-state index in [2.05, 4.69) is 10.2 Å². The number of rotatable bonds is 7. The predicted octanol–water partition coefficient (Wildman–Crippen LogP) is 2.49. The molecule has 1 aromatic carbocycles. The van der Waals surface area contributed by atoms with E-state index in [0.29, 0.717) is 25.3 Å². The Bertz CT molecular complexity index is 671. The van der Waals surface area contributed by atoms with Crippen LogP contribution in [0.2, 0.25) is 0 Å². The lowest BCUT2D eigenvalue weighted by Gasteiger charge is -2.33. The largest absolute Gasteiger partial charge is 0.479 e. The van der Waals surface area contributed by atoms with Crippen molar-refractivity contribution >= 4 is 17.5 Å². The Kier molecular flexibility index (Phi) is 6.72. The van der Waals surface area contributed by atoms with Crippen molar-refractivity contribution in [1.82, 2.24) is 10.2 Å². The predicted molar refractivity (Wildman–Crippen MR) is 106 cm³/mol. The van der Waals surface area contributed by atoms with E-state index >= 15 is 0 Å². The molecule has 2 aliphatic heterocycles. The number of anilines is 1. The summed E-state index contributed by atoms with van der Waals surface area (Å²) in [5.74, 6) is 0.607. The molecule has 0 radical (unpaired) electrons. The van der Waals surface area contributed by atoms with Crippen LogP contribution < -0.4 is 15.0 Å². The fraction of sp³-hybridized carbons (Fsp3) is 0.619. The smallest absolute Gasteiger partial charge is 0.267 e. The summed E-state index contributed by atoms with van der Waals surface area (Å²) in [6, 6.07) is 5.80. The number of piperidine rings is 1. The summed E-state index contributed by atoms with van der Waals surface area (Å²) in [6.45, 7) is 8.22. The molecule has 148 valence electrons. The van der Waals surface area contributed by atoms with Crippen molar-refractivity contribution in [1.29, 1.82) is 0 Å². The number of ether oxygens (including phenoxy) is 1. The Labute approximate surface area is 161 Å². The number of hydrogen-bond acceptors (Lipinski definition) is 4. The number of benzene rings is 1. The zero-order valence-electron chi connectivity index (χ0n) is 16.5. The van der Waals surface area contributed by atoms with Gasteiger partial charge >= 0.3 is 0 Å². The molecule has 0 aliphatic carbocycles. The summed E-state index contributed by atoms with van der Waals surface area (Å²) in [7, 11) is 0. The molecule has 0 aromatic heterocycles. The number of nitrogens with zero attached hydrogens (tertiary/aromatic N) is 2. The van der Waals surface area contributed by atoms with Gasteiger partial charge in [0.05, 0.1) is 5.69 Å². The van der Waals surface area contributed by atoms with Crippen LogP contribution in [0.1, 0.15) is 44.6 Å². The second-order valence-electron chi connectivity index (χ2n) is 7.58. The van der Waals surface area contributed by atoms with Gasteiger partial charge in [0, 0.05) is 19.5 Å². The quantitative estimate of drug-likeness (QED) is 0.746. The molecular formula is C21H31N3O3. The molecule has 27 heavy (non-hydrogen) atoms. The summed E-state index contributed by atoms with van der Waals surface area (Å²) in [5.41, 5.74) is 1.82. The van der Waals surface area contributed by atoms with Gasteiger partial charge in [-0.1, -0.05) is 12.5 Å². The van der Waals surface area contributed by atoms with Crippen molar-refractivity contribution < 1.29 is 14.3 Å². The van der Waals surface area contributed by atoms with E-state index < -0.39 is 6.10 Å². The first-order valence-corrected chi connectivity index (χ1v) is 10.1. The normalized spacial score (nSPS) is 20.1. The third-order valence-electron chi connectivity index (χ3n) is 5.31. The molecule has 2 aliphatic rings. The van der Waals surface area contributed by atoms with Crippen LogP contribution in [0.5, 0.6) is 5.75 Å². The molecule has 0 saturated carbocycles. The summed E-state index contributed by atoms with van der Waals surface area (Å²) in [4.78, 5) is 28.9. The van der Waals surface area contributed by atoms with Crippen molar-refractivity contribution in [3.63, 3.8) is 0 Å². The first kappa shape index (κ1) is 19.7. The average molecular weight is 373 g/mol. The first-order valence-electron chi connectivity index (χ1n) is 10.1. The summed E-state index contributed by atoms with van der Waals surface area (Å²) in [5, 5.41) is 2.99. The molecule has 0 spiro atoms. The molecule has 6 heteroatoms. The number of carbonyl (C=O) groups is 2. The minimum Gasteiger partial charge on any atom is -0.479 e. The van der Waals surface area contributed by atoms with E-state index in [0.717, 1.165) is 24.2 Å². The van der Waals surface area contributed by atoms with Gasteiger partial charge in [-0.3, -0.25) is 9.59 Å². The number of carbonyl (C=O) groups excluding carboxylic acids is 2. The zero-order valence-corrected chi connectivity index (χ0v) is 16.5. The van der Waals surface area contributed by atoms with Gasteiger partial charge in [-0.05, 0) is 70.4 Å². The SMILES string of the molecule is Cc1ccc2c(c1)N(CCC(=O)NCCCN1CCCCC1)C(=O)C(C)O2. The molecule has 2 amide bonds. The van der Waals surface area contributed by atoms with Crippen LogP contribution in [0.3, 0.4) is 0 Å². The number of nitrogens with one attached hydrogen (secondary N) is 1. The van der Waals surface area contributed by atoms with Crippen LogP contribution in [0, 0.1) is 6.92 Å². The highest BCUT2D eigenvalue weighted by molar-refractivity contribution is 6.00. The molecule has 1 unspecified atom stereocenters. The Morgan fingerprint density at radius 3 is 2.78 bits per heavy atom. The Balaban J connectivity index is 1.45. The summed E-state index contributed by atoms with van der Waals surface area (Å²) in [6.07, 6.45) is 4.68. The fourth-order valence-corrected chi connectivity index (χ4v) is 3.76. The van der Waals surface area contributed by atoms with Crippen molar-refractivity contribution in [2.24, 2.45) is 0 Å². The van der Waals surface area contributed by atoms with Gasteiger partial charge in [0.15, 0.2) is 6.10 Å². The van der Waals surface area contributed by atoms with Crippen molar-refractivity contribution in [2.45, 2.75) is 52.1 Å². The van der Waals surface area contributed by atoms with E-state index in [9.17, 15) is 9.59 Å².